The summed E-state index contributed by atoms with van der Waals surface area (Å²) in [5.74, 6) is 2.33. The molecule has 4 heterocycles. The first-order valence-electron chi connectivity index (χ1n) is 12.4. The number of hydrogen-bond donors (Lipinski definition) is 1. The SMILES string of the molecule is C=CC1CN2CCC1C[C@@H]2[C@@H](NC(=O)c1ccccc1OCC)c1ccnc2ccc(OC)cc12. The summed E-state index contributed by atoms with van der Waals surface area (Å²) in [5, 5.41) is 4.41. The van der Waals surface area contributed by atoms with Crippen LogP contribution in [0.1, 0.15) is 41.7 Å². The van der Waals surface area contributed by atoms with E-state index in [1.54, 1.807) is 7.11 Å². The fourth-order valence-electron chi connectivity index (χ4n) is 5.80. The van der Waals surface area contributed by atoms with E-state index in [4.69, 9.17) is 9.47 Å². The molecule has 6 rings (SSSR count). The number of carbonyl (C=O) groups is 1. The van der Waals surface area contributed by atoms with Gasteiger partial charge in [0.15, 0.2) is 0 Å². The number of amides is 1. The van der Waals surface area contributed by atoms with E-state index in [0.29, 0.717) is 29.8 Å². The molecule has 0 spiro atoms. The summed E-state index contributed by atoms with van der Waals surface area (Å²) in [6.07, 6.45) is 6.13. The molecule has 182 valence electrons. The smallest absolute Gasteiger partial charge is 0.255 e. The van der Waals surface area contributed by atoms with Crippen LogP contribution in [0.5, 0.6) is 11.5 Å². The molecule has 3 aliphatic heterocycles. The third-order valence-electron chi connectivity index (χ3n) is 7.57. The number of hydrogen-bond acceptors (Lipinski definition) is 5. The highest BCUT2D eigenvalue weighted by Gasteiger charge is 2.43. The van der Waals surface area contributed by atoms with Crippen molar-refractivity contribution in [1.29, 1.82) is 0 Å². The van der Waals surface area contributed by atoms with Crippen LogP contribution in [0.15, 0.2) is 67.4 Å². The molecule has 6 nitrogen and oxygen atoms in total. The molecule has 1 N–H and O–H groups in total. The molecule has 1 aromatic heterocycles. The molecule has 1 amide bonds. The zero-order valence-corrected chi connectivity index (χ0v) is 20.4. The zero-order chi connectivity index (χ0) is 24.4. The van der Waals surface area contributed by atoms with Crippen molar-refractivity contribution in [2.75, 3.05) is 26.8 Å². The maximum Gasteiger partial charge on any atom is 0.255 e. The second kappa shape index (κ2) is 10.1. The van der Waals surface area contributed by atoms with Crippen LogP contribution in [-0.4, -0.2) is 48.6 Å². The number of carbonyl (C=O) groups excluding carboxylic acids is 1. The topological polar surface area (TPSA) is 63.7 Å². The largest absolute Gasteiger partial charge is 0.497 e. The summed E-state index contributed by atoms with van der Waals surface area (Å²) < 4.78 is 11.3. The first-order valence-corrected chi connectivity index (χ1v) is 12.4. The van der Waals surface area contributed by atoms with Gasteiger partial charge in [0.25, 0.3) is 5.91 Å². The second-order valence-electron chi connectivity index (χ2n) is 9.41. The van der Waals surface area contributed by atoms with Crippen LogP contribution in [0, 0.1) is 11.8 Å². The van der Waals surface area contributed by atoms with Gasteiger partial charge in [0.05, 0.1) is 30.8 Å². The summed E-state index contributed by atoms with van der Waals surface area (Å²) in [5.41, 5.74) is 2.50. The fraction of sp³-hybridized carbons (Fsp3) is 0.379. The number of nitrogens with zero attached hydrogens (tertiary/aromatic N) is 2. The number of piperidine rings is 3. The van der Waals surface area contributed by atoms with E-state index in [0.717, 1.165) is 41.7 Å². The fourth-order valence-corrected chi connectivity index (χ4v) is 5.80. The van der Waals surface area contributed by atoms with Crippen molar-refractivity contribution in [2.24, 2.45) is 11.8 Å². The number of nitrogens with one attached hydrogen (secondary N) is 1. The number of rotatable bonds is 8. The van der Waals surface area contributed by atoms with Gasteiger partial charge in [-0.15, -0.1) is 6.58 Å². The van der Waals surface area contributed by atoms with Crippen molar-refractivity contribution in [1.82, 2.24) is 15.2 Å². The standard InChI is InChI=1S/C29H33N3O3/c1-4-19-18-32-15-13-20(19)16-26(32)28(31-29(33)23-8-6-7-9-27(23)35-5-2)22-12-14-30-25-11-10-21(34-3)17-24(22)25/h4,6-12,14,17,19-20,26,28H,1,5,13,15-16,18H2,2-3H3,(H,31,33)/t19?,20?,26-,28+/m1/s1. The molecule has 0 saturated carbocycles. The minimum Gasteiger partial charge on any atom is -0.497 e. The van der Waals surface area contributed by atoms with Gasteiger partial charge in [-0.1, -0.05) is 18.2 Å². The Morgan fingerprint density at radius 2 is 2.14 bits per heavy atom. The lowest BCUT2D eigenvalue weighted by Crippen LogP contribution is -2.57. The lowest BCUT2D eigenvalue weighted by molar-refractivity contribution is 0.00168. The lowest BCUT2D eigenvalue weighted by atomic mass is 9.73. The van der Waals surface area contributed by atoms with Gasteiger partial charge in [0, 0.05) is 24.2 Å². The number of ether oxygens (including phenoxy) is 2. The van der Waals surface area contributed by atoms with E-state index in [1.165, 1.54) is 6.42 Å². The molecule has 0 radical (unpaired) electrons. The highest BCUT2D eigenvalue weighted by Crippen LogP contribution is 2.42. The van der Waals surface area contributed by atoms with Gasteiger partial charge in [-0.25, -0.2) is 0 Å². The van der Waals surface area contributed by atoms with Gasteiger partial charge >= 0.3 is 0 Å². The van der Waals surface area contributed by atoms with Crippen LogP contribution < -0.4 is 14.8 Å². The molecule has 3 aromatic rings. The summed E-state index contributed by atoms with van der Waals surface area (Å²) in [6.45, 7) is 8.52. The van der Waals surface area contributed by atoms with Gasteiger partial charge in [-0.3, -0.25) is 14.7 Å². The third-order valence-corrected chi connectivity index (χ3v) is 7.57. The predicted octanol–water partition coefficient (Wildman–Crippen LogP) is 5.01. The summed E-state index contributed by atoms with van der Waals surface area (Å²) in [4.78, 5) is 20.8. The maximum absolute atomic E-state index is 13.7. The highest BCUT2D eigenvalue weighted by atomic mass is 16.5. The number of pyridine rings is 1. The quantitative estimate of drug-likeness (QED) is 0.468. The molecule has 0 aliphatic carbocycles. The van der Waals surface area contributed by atoms with Gasteiger partial charge in [0.2, 0.25) is 0 Å². The van der Waals surface area contributed by atoms with E-state index >= 15 is 0 Å². The molecule has 5 atom stereocenters. The van der Waals surface area contributed by atoms with E-state index < -0.39 is 0 Å². The number of aromatic nitrogens is 1. The highest BCUT2D eigenvalue weighted by molar-refractivity contribution is 5.97. The first-order chi connectivity index (χ1) is 17.1. The Balaban J connectivity index is 1.57. The molecular formula is C29H33N3O3. The zero-order valence-electron chi connectivity index (χ0n) is 20.4. The molecule has 6 heteroatoms. The number of benzene rings is 2. The van der Waals surface area contributed by atoms with Gasteiger partial charge in [0.1, 0.15) is 11.5 Å². The van der Waals surface area contributed by atoms with Gasteiger partial charge in [-0.05, 0) is 80.1 Å². The molecule has 35 heavy (non-hydrogen) atoms. The normalized spacial score (nSPS) is 24.1. The molecule has 3 aliphatic rings. The van der Waals surface area contributed by atoms with Crippen LogP contribution in [0.3, 0.4) is 0 Å². The van der Waals surface area contributed by atoms with Crippen LogP contribution >= 0.6 is 0 Å². The Morgan fingerprint density at radius 1 is 1.29 bits per heavy atom. The average molecular weight is 472 g/mol. The van der Waals surface area contributed by atoms with Crippen LogP contribution in [-0.2, 0) is 0 Å². The Kier molecular flexibility index (Phi) is 6.73. The molecule has 3 fully saturated rings. The number of para-hydroxylation sites is 1. The van der Waals surface area contributed by atoms with Crippen molar-refractivity contribution < 1.29 is 14.3 Å². The summed E-state index contributed by atoms with van der Waals surface area (Å²) in [6, 6.07) is 15.4. The van der Waals surface area contributed by atoms with E-state index in [9.17, 15) is 4.79 Å². The van der Waals surface area contributed by atoms with E-state index in [-0.39, 0.29) is 18.0 Å². The minimum atomic E-state index is -0.205. The van der Waals surface area contributed by atoms with Crippen molar-refractivity contribution >= 4 is 16.8 Å². The van der Waals surface area contributed by atoms with Crippen LogP contribution in [0.2, 0.25) is 0 Å². The first kappa shape index (κ1) is 23.4. The Morgan fingerprint density at radius 3 is 2.89 bits per heavy atom. The van der Waals surface area contributed by atoms with Crippen molar-refractivity contribution in [3.8, 4) is 11.5 Å². The Bertz CT molecular complexity index is 1230. The van der Waals surface area contributed by atoms with Gasteiger partial charge in [-0.2, -0.15) is 0 Å². The molecule has 3 saturated heterocycles. The molecular weight excluding hydrogens is 438 g/mol. The lowest BCUT2D eigenvalue weighted by Gasteiger charge is -2.51. The van der Waals surface area contributed by atoms with Crippen molar-refractivity contribution in [3.63, 3.8) is 0 Å². The number of fused-ring (bicyclic) bond motifs is 4. The van der Waals surface area contributed by atoms with Crippen LogP contribution in [0.25, 0.3) is 10.9 Å². The summed E-state index contributed by atoms with van der Waals surface area (Å²) >= 11 is 0. The maximum atomic E-state index is 13.7. The molecule has 2 bridgehead atoms. The predicted molar refractivity (Wildman–Crippen MR) is 138 cm³/mol. The van der Waals surface area contributed by atoms with Crippen molar-refractivity contribution in [3.05, 3.63) is 78.5 Å². The number of methoxy groups -OCH3 is 1. The average Bonchev–Trinajstić information content (AvgIpc) is 2.91. The molecule has 3 unspecified atom stereocenters. The minimum absolute atomic E-state index is 0.130. The van der Waals surface area contributed by atoms with Gasteiger partial charge < -0.3 is 14.8 Å². The van der Waals surface area contributed by atoms with E-state index in [2.05, 4.69) is 27.9 Å². The second-order valence-corrected chi connectivity index (χ2v) is 9.41. The third kappa shape index (κ3) is 4.50. The van der Waals surface area contributed by atoms with E-state index in [1.807, 2.05) is 61.7 Å². The summed E-state index contributed by atoms with van der Waals surface area (Å²) in [7, 11) is 1.67. The monoisotopic (exact) mass is 471 g/mol. The Labute approximate surface area is 206 Å². The van der Waals surface area contributed by atoms with Crippen LogP contribution in [0.4, 0.5) is 0 Å². The molecule has 2 aromatic carbocycles. The Hall–Kier alpha value is -3.38. The van der Waals surface area contributed by atoms with Crippen molar-refractivity contribution in [2.45, 2.75) is 31.8 Å².